The second kappa shape index (κ2) is 13.8. The minimum atomic E-state index is -0.582. The Kier molecular flexibility index (Phi) is 7.79. The van der Waals surface area contributed by atoms with Gasteiger partial charge in [-0.15, -0.1) is 0 Å². The summed E-state index contributed by atoms with van der Waals surface area (Å²) >= 11 is 1.89. The van der Waals surface area contributed by atoms with Gasteiger partial charge in [0.2, 0.25) is 0 Å². The Balaban J connectivity index is 1.01. The van der Waals surface area contributed by atoms with Crippen LogP contribution < -0.4 is 9.64 Å². The van der Waals surface area contributed by atoms with Crippen molar-refractivity contribution in [2.75, 3.05) is 4.90 Å². The molecule has 2 spiro atoms. The van der Waals surface area contributed by atoms with E-state index in [4.69, 9.17) is 4.74 Å². The van der Waals surface area contributed by atoms with Crippen LogP contribution in [0.3, 0.4) is 0 Å². The van der Waals surface area contributed by atoms with Gasteiger partial charge in [-0.05, 0) is 121 Å². The summed E-state index contributed by atoms with van der Waals surface area (Å²) in [5.74, 6) is 1.78. The summed E-state index contributed by atoms with van der Waals surface area (Å²) in [6.45, 7) is 0. The molecule has 4 aliphatic rings. The molecule has 0 aromatic heterocycles. The molecule has 0 fully saturated rings. The first kappa shape index (κ1) is 36.6. The molecular weight excluding hydrogens is 807 g/mol. The maximum absolute atomic E-state index is 6.71. The lowest BCUT2D eigenvalue weighted by atomic mass is 9.66. The van der Waals surface area contributed by atoms with E-state index in [9.17, 15) is 0 Å². The third-order valence-corrected chi connectivity index (χ3v) is 15.5. The number of para-hydroxylation sites is 2. The predicted octanol–water partition coefficient (Wildman–Crippen LogP) is 16.1. The van der Waals surface area contributed by atoms with Crippen molar-refractivity contribution < 1.29 is 4.74 Å². The molecular formula is C62H39NOS. The van der Waals surface area contributed by atoms with Gasteiger partial charge in [0, 0.05) is 38.0 Å². The van der Waals surface area contributed by atoms with Gasteiger partial charge in [0.15, 0.2) is 0 Å². The Labute approximate surface area is 383 Å². The van der Waals surface area contributed by atoms with E-state index < -0.39 is 10.8 Å². The lowest BCUT2D eigenvalue weighted by molar-refractivity contribution is 0.436. The Morgan fingerprint density at radius 1 is 0.292 bits per heavy atom. The molecule has 0 saturated carbocycles. The van der Waals surface area contributed by atoms with E-state index in [0.717, 1.165) is 39.7 Å². The van der Waals surface area contributed by atoms with Gasteiger partial charge >= 0.3 is 0 Å². The summed E-state index contributed by atoms with van der Waals surface area (Å²) in [4.78, 5) is 5.01. The van der Waals surface area contributed by atoms with Gasteiger partial charge in [0.25, 0.3) is 0 Å². The summed E-state index contributed by atoms with van der Waals surface area (Å²) in [5, 5.41) is 0. The Morgan fingerprint density at radius 3 is 1.35 bits per heavy atom. The van der Waals surface area contributed by atoms with Crippen molar-refractivity contribution in [1.82, 2.24) is 0 Å². The third kappa shape index (κ3) is 4.96. The van der Waals surface area contributed by atoms with E-state index in [1.807, 2.05) is 11.8 Å². The lowest BCUT2D eigenvalue weighted by Crippen LogP contribution is -2.32. The SMILES string of the molecule is c1ccc(-c2ccc(N(c3ccc4c(c3)Sc3ccccc3C43c4ccccc4-c4ccccc43)c3ccc4c(c3)C3(c5ccccc5Oc5ccccc53)c3ccccc3-4)cc2)cc1. The average Bonchev–Trinajstić information content (AvgIpc) is 3.83. The molecule has 304 valence electrons. The molecule has 14 rings (SSSR count). The van der Waals surface area contributed by atoms with Crippen LogP contribution in [0.2, 0.25) is 0 Å². The van der Waals surface area contributed by atoms with E-state index in [-0.39, 0.29) is 0 Å². The average molecular weight is 846 g/mol. The molecule has 2 nitrogen and oxygen atoms in total. The van der Waals surface area contributed by atoms with Gasteiger partial charge in [0.1, 0.15) is 11.5 Å². The van der Waals surface area contributed by atoms with Crippen molar-refractivity contribution >= 4 is 28.8 Å². The van der Waals surface area contributed by atoms with Crippen molar-refractivity contribution in [3.63, 3.8) is 0 Å². The highest BCUT2D eigenvalue weighted by Crippen LogP contribution is 2.64. The van der Waals surface area contributed by atoms with Crippen LogP contribution in [0.5, 0.6) is 11.5 Å². The van der Waals surface area contributed by atoms with E-state index in [1.54, 1.807) is 0 Å². The summed E-state index contributed by atoms with van der Waals surface area (Å²) in [7, 11) is 0. The quantitative estimate of drug-likeness (QED) is 0.175. The summed E-state index contributed by atoms with van der Waals surface area (Å²) in [6, 6.07) is 87.5. The number of hydrogen-bond acceptors (Lipinski definition) is 3. The van der Waals surface area contributed by atoms with Gasteiger partial charge in [0.05, 0.1) is 10.8 Å². The van der Waals surface area contributed by atoms with Crippen LogP contribution in [0.1, 0.15) is 44.5 Å². The minimum absolute atomic E-state index is 0.444. The highest BCUT2D eigenvalue weighted by molar-refractivity contribution is 7.99. The van der Waals surface area contributed by atoms with Gasteiger partial charge in [-0.2, -0.15) is 0 Å². The van der Waals surface area contributed by atoms with Crippen LogP contribution >= 0.6 is 11.8 Å². The molecule has 10 aromatic carbocycles. The van der Waals surface area contributed by atoms with Crippen LogP contribution in [0.4, 0.5) is 17.1 Å². The molecule has 0 N–H and O–H groups in total. The van der Waals surface area contributed by atoms with Gasteiger partial charge in [-0.1, -0.05) is 194 Å². The normalized spacial score (nSPS) is 14.5. The largest absolute Gasteiger partial charge is 0.457 e. The fraction of sp³-hybridized carbons (Fsp3) is 0.0323. The first-order valence-corrected chi connectivity index (χ1v) is 23.2. The fourth-order valence-electron chi connectivity index (χ4n) is 11.9. The lowest BCUT2D eigenvalue weighted by Gasteiger charge is -2.40. The highest BCUT2D eigenvalue weighted by atomic mass is 32.2. The summed E-state index contributed by atoms with van der Waals surface area (Å²) < 4.78 is 6.71. The van der Waals surface area contributed by atoms with Crippen LogP contribution in [0.15, 0.2) is 246 Å². The number of rotatable bonds is 4. The van der Waals surface area contributed by atoms with Gasteiger partial charge in [-0.25, -0.2) is 0 Å². The zero-order chi connectivity index (χ0) is 42.7. The molecule has 2 aliphatic carbocycles. The van der Waals surface area contributed by atoms with Crippen LogP contribution in [0.25, 0.3) is 33.4 Å². The molecule has 0 amide bonds. The Hall–Kier alpha value is -7.85. The number of fused-ring (bicyclic) bond motifs is 18. The molecule has 0 saturated heterocycles. The van der Waals surface area contributed by atoms with Crippen molar-refractivity contribution in [1.29, 1.82) is 0 Å². The molecule has 3 heteroatoms. The van der Waals surface area contributed by atoms with E-state index in [0.29, 0.717) is 0 Å². The van der Waals surface area contributed by atoms with Crippen LogP contribution in [-0.4, -0.2) is 0 Å². The maximum atomic E-state index is 6.71. The first-order valence-electron chi connectivity index (χ1n) is 22.4. The molecule has 0 bridgehead atoms. The van der Waals surface area contributed by atoms with Crippen molar-refractivity contribution in [2.45, 2.75) is 20.6 Å². The van der Waals surface area contributed by atoms with E-state index in [2.05, 4.69) is 241 Å². The summed E-state index contributed by atoms with van der Waals surface area (Å²) in [5.41, 5.74) is 20.0. The number of anilines is 3. The molecule has 2 aliphatic heterocycles. The molecule has 10 aromatic rings. The van der Waals surface area contributed by atoms with Gasteiger partial charge in [-0.3, -0.25) is 0 Å². The second-order valence-electron chi connectivity index (χ2n) is 17.5. The number of ether oxygens (including phenoxy) is 1. The van der Waals surface area contributed by atoms with Gasteiger partial charge < -0.3 is 9.64 Å². The summed E-state index contributed by atoms with van der Waals surface area (Å²) in [6.07, 6.45) is 0. The predicted molar refractivity (Wildman–Crippen MR) is 265 cm³/mol. The van der Waals surface area contributed by atoms with Crippen molar-refractivity contribution in [3.8, 4) is 44.9 Å². The Morgan fingerprint density at radius 2 is 0.723 bits per heavy atom. The van der Waals surface area contributed by atoms with Crippen LogP contribution in [0, 0.1) is 0 Å². The Bertz CT molecular complexity index is 3480. The molecule has 0 radical (unpaired) electrons. The molecule has 0 atom stereocenters. The minimum Gasteiger partial charge on any atom is -0.457 e. The molecule has 2 heterocycles. The second-order valence-corrected chi connectivity index (χ2v) is 18.6. The number of benzene rings is 10. The topological polar surface area (TPSA) is 12.5 Å². The smallest absolute Gasteiger partial charge is 0.132 e. The molecule has 0 unspecified atom stereocenters. The van der Waals surface area contributed by atoms with E-state index in [1.165, 1.54) is 76.6 Å². The first-order chi connectivity index (χ1) is 32.2. The van der Waals surface area contributed by atoms with E-state index >= 15 is 0 Å². The molecule has 65 heavy (non-hydrogen) atoms. The van der Waals surface area contributed by atoms with Crippen molar-refractivity contribution in [3.05, 3.63) is 281 Å². The highest BCUT2D eigenvalue weighted by Gasteiger charge is 2.52. The fourth-order valence-corrected chi connectivity index (χ4v) is 13.1. The zero-order valence-corrected chi connectivity index (χ0v) is 36.1. The third-order valence-electron chi connectivity index (χ3n) is 14.4. The van der Waals surface area contributed by atoms with Crippen molar-refractivity contribution in [2.24, 2.45) is 0 Å². The maximum Gasteiger partial charge on any atom is 0.132 e. The standard InChI is InChI=1S/C62H39NOS/c1-2-16-40(17-3-1)41-30-32-42(33-31-41)63(43-34-36-48-47-20-6-9-23-51(47)62(56(48)38-43)52-24-10-13-27-57(52)64-58-28-14-11-25-53(58)62)44-35-37-55-60(39-44)65-59-29-15-12-26-54(59)61(55)49-21-7-4-18-45(49)46-19-5-8-22-50(46)61/h1-39H. The number of nitrogens with zero attached hydrogens (tertiary/aromatic N) is 1. The monoisotopic (exact) mass is 845 g/mol. The zero-order valence-electron chi connectivity index (χ0n) is 35.3. The van der Waals surface area contributed by atoms with Crippen LogP contribution in [-0.2, 0) is 10.8 Å². The number of hydrogen-bond donors (Lipinski definition) is 0.